The molecule has 0 radical (unpaired) electrons. The first-order chi connectivity index (χ1) is 22.5. The molecule has 9 nitrogen and oxygen atoms in total. The number of benzene rings is 3. The van der Waals surface area contributed by atoms with E-state index in [4.69, 9.17) is 24.4 Å². The first kappa shape index (κ1) is 33.5. The molecule has 2 aromatic heterocycles. The Labute approximate surface area is 291 Å². The molecular formula is C36H42IN5O4Si. The molecule has 246 valence electrons. The van der Waals surface area contributed by atoms with E-state index in [1.54, 1.807) is 13.4 Å². The number of ether oxygens (including phenoxy) is 3. The SMILES string of the molecule is COc1ccc(C(OC[C@H]2O[C@@H](n3cnc4c(N)ncnc43)[C@H](O[Si](C)(C)C(C)(C)C)[C@H]2I)(c2ccccc2)c2ccccc2)cc1. The second-order valence-electron chi connectivity index (χ2n) is 13.4. The Morgan fingerprint density at radius 1 is 0.872 bits per heavy atom. The number of fused-ring (bicyclic) bond motifs is 1. The number of nitrogens with zero attached hydrogens (tertiary/aromatic N) is 4. The second-order valence-corrected chi connectivity index (χ2v) is 19.6. The van der Waals surface area contributed by atoms with Crippen LogP contribution in [0.15, 0.2) is 97.6 Å². The van der Waals surface area contributed by atoms with Crippen LogP contribution in [0.25, 0.3) is 11.2 Å². The molecule has 4 atom stereocenters. The molecule has 1 fully saturated rings. The zero-order valence-electron chi connectivity index (χ0n) is 27.6. The molecule has 6 rings (SSSR count). The van der Waals surface area contributed by atoms with Gasteiger partial charge < -0.3 is 24.4 Å². The lowest BCUT2D eigenvalue weighted by atomic mass is 9.80. The molecule has 1 saturated heterocycles. The Balaban J connectivity index is 1.42. The predicted molar refractivity (Wildman–Crippen MR) is 195 cm³/mol. The monoisotopic (exact) mass is 763 g/mol. The van der Waals surface area contributed by atoms with Gasteiger partial charge in [0.2, 0.25) is 0 Å². The van der Waals surface area contributed by atoms with E-state index < -0.39 is 20.1 Å². The molecule has 2 N–H and O–H groups in total. The van der Waals surface area contributed by atoms with Crippen LogP contribution >= 0.6 is 22.6 Å². The van der Waals surface area contributed by atoms with Crippen LogP contribution in [-0.4, -0.2) is 57.7 Å². The van der Waals surface area contributed by atoms with E-state index in [0.29, 0.717) is 23.6 Å². The molecule has 3 aromatic carbocycles. The Hall–Kier alpha value is -3.36. The number of alkyl halides is 1. The van der Waals surface area contributed by atoms with Gasteiger partial charge in [-0.25, -0.2) is 15.0 Å². The molecule has 0 unspecified atom stereocenters. The van der Waals surface area contributed by atoms with E-state index in [1.807, 2.05) is 53.1 Å². The molecule has 1 aliphatic heterocycles. The van der Waals surface area contributed by atoms with Crippen LogP contribution in [0.3, 0.4) is 0 Å². The number of imidazole rings is 1. The zero-order chi connectivity index (χ0) is 33.4. The normalized spacial score (nSPS) is 20.5. The van der Waals surface area contributed by atoms with Crippen LogP contribution in [-0.2, 0) is 19.5 Å². The van der Waals surface area contributed by atoms with Gasteiger partial charge in [0.15, 0.2) is 26.0 Å². The first-order valence-electron chi connectivity index (χ1n) is 15.8. The fourth-order valence-corrected chi connectivity index (χ4v) is 8.33. The Morgan fingerprint density at radius 2 is 1.47 bits per heavy atom. The summed E-state index contributed by atoms with van der Waals surface area (Å²) in [5.74, 6) is 1.11. The number of nitrogens with two attached hydrogens (primary N) is 1. The molecule has 0 bridgehead atoms. The summed E-state index contributed by atoms with van der Waals surface area (Å²) in [6.07, 6.45) is 2.08. The Kier molecular flexibility index (Phi) is 9.47. The highest BCUT2D eigenvalue weighted by molar-refractivity contribution is 14.1. The van der Waals surface area contributed by atoms with Crippen LogP contribution in [0, 0.1) is 0 Å². The van der Waals surface area contributed by atoms with Crippen molar-refractivity contribution in [3.63, 3.8) is 0 Å². The van der Waals surface area contributed by atoms with Gasteiger partial charge in [-0.15, -0.1) is 0 Å². The minimum atomic E-state index is -2.23. The number of anilines is 1. The Bertz CT molecular complexity index is 1760. The number of hydrogen-bond acceptors (Lipinski definition) is 8. The van der Waals surface area contributed by atoms with Crippen LogP contribution in [0.1, 0.15) is 43.7 Å². The van der Waals surface area contributed by atoms with E-state index in [1.165, 1.54) is 6.33 Å². The van der Waals surface area contributed by atoms with Crippen molar-refractivity contribution in [3.05, 3.63) is 114 Å². The number of methoxy groups -OCH3 is 1. The van der Waals surface area contributed by atoms with Gasteiger partial charge in [-0.3, -0.25) is 4.57 Å². The maximum Gasteiger partial charge on any atom is 0.192 e. The number of halogens is 1. The van der Waals surface area contributed by atoms with Gasteiger partial charge in [0.25, 0.3) is 0 Å². The highest BCUT2D eigenvalue weighted by Crippen LogP contribution is 2.46. The maximum absolute atomic E-state index is 7.25. The van der Waals surface area contributed by atoms with E-state index in [0.717, 1.165) is 22.4 Å². The molecule has 47 heavy (non-hydrogen) atoms. The summed E-state index contributed by atoms with van der Waals surface area (Å²) in [5, 5.41) is -0.00373. The third kappa shape index (κ3) is 6.31. The smallest absolute Gasteiger partial charge is 0.192 e. The van der Waals surface area contributed by atoms with Crippen LogP contribution in [0.4, 0.5) is 5.82 Å². The lowest BCUT2D eigenvalue weighted by Gasteiger charge is -2.40. The van der Waals surface area contributed by atoms with Crippen molar-refractivity contribution in [2.45, 2.75) is 66.9 Å². The summed E-state index contributed by atoms with van der Waals surface area (Å²) in [6, 6.07) is 28.8. The average Bonchev–Trinajstić information content (AvgIpc) is 3.63. The van der Waals surface area contributed by atoms with Gasteiger partial charge in [-0.1, -0.05) is 116 Å². The zero-order valence-corrected chi connectivity index (χ0v) is 30.8. The summed E-state index contributed by atoms with van der Waals surface area (Å²) < 4.78 is 28.7. The van der Waals surface area contributed by atoms with E-state index in [-0.39, 0.29) is 21.2 Å². The molecule has 5 aromatic rings. The maximum atomic E-state index is 7.25. The van der Waals surface area contributed by atoms with Crippen molar-refractivity contribution in [3.8, 4) is 5.75 Å². The molecular weight excluding hydrogens is 721 g/mol. The molecule has 0 saturated carbocycles. The van der Waals surface area contributed by atoms with Crippen molar-refractivity contribution in [1.29, 1.82) is 0 Å². The summed E-state index contributed by atoms with van der Waals surface area (Å²) >= 11 is 2.48. The lowest BCUT2D eigenvalue weighted by molar-refractivity contribution is -0.0835. The minimum absolute atomic E-state index is 0.00373. The van der Waals surface area contributed by atoms with Crippen molar-refractivity contribution in [2.75, 3.05) is 19.5 Å². The molecule has 11 heteroatoms. The molecule has 0 spiro atoms. The third-order valence-electron chi connectivity index (χ3n) is 9.48. The highest BCUT2D eigenvalue weighted by atomic mass is 127. The highest BCUT2D eigenvalue weighted by Gasteiger charge is 2.51. The summed E-state index contributed by atoms with van der Waals surface area (Å²) in [6.45, 7) is 11.6. The van der Waals surface area contributed by atoms with E-state index in [9.17, 15) is 0 Å². The third-order valence-corrected chi connectivity index (χ3v) is 15.5. The van der Waals surface area contributed by atoms with E-state index >= 15 is 0 Å². The number of aromatic nitrogens is 4. The molecule has 0 amide bonds. The van der Waals surface area contributed by atoms with Crippen molar-refractivity contribution in [2.24, 2.45) is 0 Å². The Morgan fingerprint density at radius 3 is 2.04 bits per heavy atom. The van der Waals surface area contributed by atoms with Gasteiger partial charge in [-0.05, 0) is 47.0 Å². The summed E-state index contributed by atoms with van der Waals surface area (Å²) in [5.41, 5.74) is 9.41. The van der Waals surface area contributed by atoms with Gasteiger partial charge >= 0.3 is 0 Å². The lowest BCUT2D eigenvalue weighted by Crippen LogP contribution is -2.47. The number of rotatable bonds is 10. The average molecular weight is 764 g/mol. The van der Waals surface area contributed by atoms with Crippen molar-refractivity contribution >= 4 is 47.9 Å². The van der Waals surface area contributed by atoms with E-state index in [2.05, 4.69) is 108 Å². The quantitative estimate of drug-likeness (QED) is 0.0675. The number of nitrogen functional groups attached to an aromatic ring is 1. The molecule has 3 heterocycles. The van der Waals surface area contributed by atoms with Crippen LogP contribution in [0.2, 0.25) is 18.1 Å². The first-order valence-corrected chi connectivity index (χ1v) is 19.9. The second kappa shape index (κ2) is 13.3. The van der Waals surface area contributed by atoms with Crippen LogP contribution < -0.4 is 10.5 Å². The topological polar surface area (TPSA) is 107 Å². The predicted octanol–water partition coefficient (Wildman–Crippen LogP) is 7.52. The largest absolute Gasteiger partial charge is 0.497 e. The van der Waals surface area contributed by atoms with Crippen molar-refractivity contribution in [1.82, 2.24) is 19.5 Å². The summed E-state index contributed by atoms with van der Waals surface area (Å²) in [7, 11) is -0.555. The van der Waals surface area contributed by atoms with Gasteiger partial charge in [0.1, 0.15) is 29.3 Å². The fraction of sp³-hybridized carbons (Fsp3) is 0.361. The van der Waals surface area contributed by atoms with Gasteiger partial charge in [0.05, 0.1) is 30.1 Å². The van der Waals surface area contributed by atoms with Gasteiger partial charge in [0, 0.05) is 0 Å². The molecule has 0 aliphatic carbocycles. The molecule has 1 aliphatic rings. The fourth-order valence-electron chi connectivity index (χ4n) is 5.88. The standard InChI is InChI=1S/C36H42IN5O4Si/c1-35(2,3)47(5,6)46-31-29(37)28(45-34(31)42-23-41-30-32(38)39-22-40-33(30)42)21-44-36(24-13-9-7-10-14-24,25-15-11-8-12-16-25)26-17-19-27(43-4)20-18-26/h7-20,22-23,28-29,31,34H,21H2,1-6H3,(H2,38,39,40)/t28-,29+,31-,34-/m1/s1. The van der Waals surface area contributed by atoms with Gasteiger partial charge in [-0.2, -0.15) is 0 Å². The minimum Gasteiger partial charge on any atom is -0.497 e. The summed E-state index contributed by atoms with van der Waals surface area (Å²) in [4.78, 5) is 13.2. The van der Waals surface area contributed by atoms with Crippen molar-refractivity contribution < 1.29 is 18.6 Å². The number of hydrogen-bond donors (Lipinski definition) is 1. The van der Waals surface area contributed by atoms with Crippen LogP contribution in [0.5, 0.6) is 5.75 Å².